The van der Waals surface area contributed by atoms with Crippen molar-refractivity contribution < 1.29 is 0 Å². The monoisotopic (exact) mass is 1350 g/mol. The molecule has 0 saturated carbocycles. The Morgan fingerprint density at radius 1 is 0.356 bits per heavy atom. The molecule has 0 fully saturated rings. The fraction of sp³-hybridized carbons (Fsp3) is 0.400. The third kappa shape index (κ3) is 12.8. The highest BCUT2D eigenvalue weighted by Gasteiger charge is 2.50. The molecule has 0 amide bonds. The van der Waals surface area contributed by atoms with E-state index in [0.29, 0.717) is 11.8 Å². The Kier molecular flexibility index (Phi) is 19.9. The predicted octanol–water partition coefficient (Wildman–Crippen LogP) is 24.5. The number of aromatic nitrogens is 6. The zero-order valence-corrected chi connectivity index (χ0v) is 60.0. The molecule has 0 aliphatic carbocycles. The molecule has 0 N–H and O–H groups in total. The molecular formula is C70H76N6S10Si. The van der Waals surface area contributed by atoms with Crippen molar-refractivity contribution in [2.24, 2.45) is 11.8 Å². The second kappa shape index (κ2) is 28.1. The van der Waals surface area contributed by atoms with Gasteiger partial charge in [-0.25, -0.2) is 0 Å². The van der Waals surface area contributed by atoms with Crippen LogP contribution in [0.1, 0.15) is 154 Å². The molecule has 2 atom stereocenters. The average Bonchev–Trinajstić information content (AvgIpc) is 1.58. The molecule has 17 heteroatoms. The highest BCUT2D eigenvalue weighted by atomic mass is 32.1. The van der Waals surface area contributed by atoms with Gasteiger partial charge in [-0.1, -0.05) is 131 Å². The molecule has 0 radical (unpaired) electrons. The van der Waals surface area contributed by atoms with Crippen LogP contribution in [0.2, 0.25) is 12.1 Å². The highest BCUT2D eigenvalue weighted by molar-refractivity contribution is 7.32. The van der Waals surface area contributed by atoms with Gasteiger partial charge in [0.25, 0.3) is 0 Å². The smallest absolute Gasteiger partial charge is 0.132 e. The van der Waals surface area contributed by atoms with Crippen molar-refractivity contribution in [1.29, 1.82) is 0 Å². The van der Waals surface area contributed by atoms with Gasteiger partial charge in [-0.15, -0.1) is 90.7 Å². The molecule has 1 aliphatic rings. The van der Waals surface area contributed by atoms with Crippen molar-refractivity contribution in [3.8, 4) is 90.8 Å². The van der Waals surface area contributed by atoms with Gasteiger partial charge in [-0.2, -0.15) is 17.5 Å². The number of rotatable bonds is 30. The lowest BCUT2D eigenvalue weighted by Crippen LogP contribution is -2.56. The Morgan fingerprint density at radius 2 is 0.713 bits per heavy atom. The number of fused-ring (bicyclic) bond motifs is 5. The van der Waals surface area contributed by atoms with E-state index in [-0.39, 0.29) is 0 Å². The van der Waals surface area contributed by atoms with Crippen LogP contribution in [-0.4, -0.2) is 35.5 Å². The molecule has 87 heavy (non-hydrogen) atoms. The molecule has 12 aromatic heterocycles. The van der Waals surface area contributed by atoms with E-state index in [9.17, 15) is 0 Å². The Bertz CT molecular complexity index is 3970. The topological polar surface area (TPSA) is 77.3 Å². The second-order valence-corrected chi connectivity index (χ2v) is 37.7. The minimum absolute atomic E-state index is 0.673. The van der Waals surface area contributed by atoms with Crippen LogP contribution in [0.15, 0.2) is 97.3 Å². The number of pyridine rings is 2. The van der Waals surface area contributed by atoms with E-state index in [1.807, 2.05) is 90.7 Å². The van der Waals surface area contributed by atoms with Crippen molar-refractivity contribution in [2.75, 3.05) is 0 Å². The number of hydrogen-bond donors (Lipinski definition) is 0. The van der Waals surface area contributed by atoms with Crippen LogP contribution >= 0.6 is 114 Å². The summed E-state index contributed by atoms with van der Waals surface area (Å²) in [7, 11) is -2.39. The molecule has 0 aromatic carbocycles. The summed E-state index contributed by atoms with van der Waals surface area (Å²) in [5.74, 6) is 1.35. The van der Waals surface area contributed by atoms with E-state index in [2.05, 4.69) is 139 Å². The van der Waals surface area contributed by atoms with Crippen molar-refractivity contribution in [2.45, 2.75) is 169 Å². The maximum Gasteiger partial charge on any atom is 0.132 e. The Morgan fingerprint density at radius 3 is 1.10 bits per heavy atom. The minimum Gasteiger partial charge on any atom is -0.252 e. The van der Waals surface area contributed by atoms with E-state index in [1.165, 1.54) is 219 Å². The molecule has 6 nitrogen and oxygen atoms in total. The molecule has 13 rings (SSSR count). The first-order valence-electron chi connectivity index (χ1n) is 31.9. The van der Waals surface area contributed by atoms with Crippen LogP contribution in [0.3, 0.4) is 0 Å². The van der Waals surface area contributed by atoms with Gasteiger partial charge < -0.3 is 0 Å². The van der Waals surface area contributed by atoms with Gasteiger partial charge in [0, 0.05) is 91.8 Å². The highest BCUT2D eigenvalue weighted by Crippen LogP contribution is 2.52. The van der Waals surface area contributed by atoms with E-state index in [1.54, 1.807) is 10.4 Å². The normalized spacial score (nSPS) is 13.6. The van der Waals surface area contributed by atoms with Crippen LogP contribution in [0.25, 0.3) is 113 Å². The van der Waals surface area contributed by atoms with Gasteiger partial charge in [0.2, 0.25) is 0 Å². The maximum atomic E-state index is 5.34. The number of nitrogens with zero attached hydrogens (tertiary/aromatic N) is 6. The summed E-state index contributed by atoms with van der Waals surface area (Å²) in [4.78, 5) is 32.0. The van der Waals surface area contributed by atoms with Gasteiger partial charge in [0.15, 0.2) is 0 Å². The van der Waals surface area contributed by atoms with Crippen LogP contribution in [0.5, 0.6) is 0 Å². The maximum absolute atomic E-state index is 5.34. The van der Waals surface area contributed by atoms with E-state index < -0.39 is 8.07 Å². The lowest BCUT2D eigenvalue weighted by atomic mass is 10.0. The zero-order valence-electron chi connectivity index (χ0n) is 50.8. The van der Waals surface area contributed by atoms with Crippen LogP contribution in [0.4, 0.5) is 0 Å². The van der Waals surface area contributed by atoms with Gasteiger partial charge >= 0.3 is 0 Å². The molecular weight excluding hydrogens is 1270 g/mol. The van der Waals surface area contributed by atoms with Crippen molar-refractivity contribution in [3.63, 3.8) is 0 Å². The van der Waals surface area contributed by atoms with Crippen LogP contribution in [-0.2, 0) is 12.8 Å². The summed E-state index contributed by atoms with van der Waals surface area (Å²) in [6, 6.07) is 35.5. The molecule has 450 valence electrons. The minimum atomic E-state index is -2.39. The third-order valence-electron chi connectivity index (χ3n) is 17.9. The summed E-state index contributed by atoms with van der Waals surface area (Å²) < 4.78 is 20.3. The van der Waals surface area contributed by atoms with Gasteiger partial charge in [0.1, 0.15) is 41.5 Å². The first-order valence-corrected chi connectivity index (χ1v) is 42.3. The summed E-state index contributed by atoms with van der Waals surface area (Å²) in [5, 5.41) is 3.31. The molecule has 1 aliphatic heterocycles. The number of unbranched alkanes of at least 4 members (excludes halogenated alkanes) is 8. The van der Waals surface area contributed by atoms with Crippen LogP contribution in [0, 0.1) is 11.8 Å². The zero-order chi connectivity index (χ0) is 59.4. The molecule has 0 bridgehead atoms. The summed E-state index contributed by atoms with van der Waals surface area (Å²) in [6.45, 7) is 14.2. The van der Waals surface area contributed by atoms with Crippen molar-refractivity contribution in [3.05, 3.63) is 107 Å². The Hall–Kier alpha value is -4.24. The lowest BCUT2D eigenvalue weighted by Gasteiger charge is -2.35. The van der Waals surface area contributed by atoms with E-state index >= 15 is 0 Å². The quantitative estimate of drug-likeness (QED) is 0.0330. The largest absolute Gasteiger partial charge is 0.252 e. The number of hydrogen-bond acceptors (Lipinski definition) is 16. The third-order valence-corrected chi connectivity index (χ3v) is 34.7. The first-order chi connectivity index (χ1) is 42.8. The van der Waals surface area contributed by atoms with E-state index in [4.69, 9.17) is 27.5 Å². The van der Waals surface area contributed by atoms with Gasteiger partial charge in [0.05, 0.1) is 33.2 Å². The molecule has 0 spiro atoms. The second-order valence-electron chi connectivity index (χ2n) is 23.8. The Balaban J connectivity index is 0.830. The molecule has 13 heterocycles. The summed E-state index contributed by atoms with van der Waals surface area (Å²) >= 11 is 17.9. The van der Waals surface area contributed by atoms with Gasteiger partial charge in [-0.05, 0) is 145 Å². The number of thiophene rings is 8. The SMILES string of the molecule is CCCCCCc1ccc(-c2ccc(-c3ccc(-c4ncc(-c5cc6c(s5)-c5sc(-c7cnc(-c8ccc(-c9ccc(-c%10ccc(CCCCCC)s%10)s9)s8)c8nsnc78)cc5[Si]6(CC(CC)CCCC)CC(CC)CCCC)c5nsnc45)s3)s2)s1. The summed E-state index contributed by atoms with van der Waals surface area (Å²) in [6.07, 6.45) is 27.1. The predicted molar refractivity (Wildman–Crippen MR) is 393 cm³/mol. The molecule has 12 aromatic rings. The lowest BCUT2D eigenvalue weighted by molar-refractivity contribution is 0.469. The summed E-state index contributed by atoms with van der Waals surface area (Å²) in [5.41, 5.74) is 7.81. The van der Waals surface area contributed by atoms with Gasteiger partial charge in [-0.3, -0.25) is 9.97 Å². The average molecular weight is 1350 g/mol. The number of aryl methyl sites for hydroxylation is 2. The molecule has 0 saturated heterocycles. The van der Waals surface area contributed by atoms with E-state index in [0.717, 1.165) is 54.3 Å². The first kappa shape index (κ1) is 61.6. The van der Waals surface area contributed by atoms with Crippen LogP contribution < -0.4 is 10.4 Å². The molecule has 2 unspecified atom stereocenters. The fourth-order valence-electron chi connectivity index (χ4n) is 13.0. The Labute approximate surface area is 555 Å². The van der Waals surface area contributed by atoms with Crippen molar-refractivity contribution in [1.82, 2.24) is 27.5 Å². The van der Waals surface area contributed by atoms with Crippen molar-refractivity contribution >= 4 is 155 Å². The fourth-order valence-corrected chi connectivity index (χ4v) is 31.1. The standard InChI is InChI=1S/C70H76N6S10Si/c1-7-13-17-19-23-45-25-27-49(77-45)51-29-31-53(79-51)55-33-35-57(81-55)65-67-63(73-85-75-67)47(39-71-65)59-37-61-69(83-59)70-62(87(61,41-43(11-5)21-15-9-3)42-44(12-6)22-16-10-4)38-60(84-70)48-40-72-66(68-64(48)74-86-76-68)58-36-34-56(82-58)54-32-30-52(80-54)50-28-26-46(78-50)24-20-18-14-8-2/h25-40,43-44H,7-24,41-42H2,1-6H3.